The molecule has 0 saturated carbocycles. The molecule has 0 aromatic carbocycles. The van der Waals surface area contributed by atoms with Crippen molar-refractivity contribution < 1.29 is 18.0 Å². The first-order valence-electron chi connectivity index (χ1n) is 7.73. The maximum Gasteiger partial charge on any atom is 0.435 e. The fourth-order valence-corrected chi connectivity index (χ4v) is 2.91. The number of hydrogen-bond donors (Lipinski definition) is 1. The number of piperidine rings is 1. The maximum atomic E-state index is 12.6. The Hall–Kier alpha value is -2.32. The molecule has 1 aliphatic heterocycles. The van der Waals surface area contributed by atoms with Crippen LogP contribution >= 0.6 is 0 Å². The average Bonchev–Trinajstić information content (AvgIpc) is 3.16. The lowest BCUT2D eigenvalue weighted by molar-refractivity contribution is -0.142. The summed E-state index contributed by atoms with van der Waals surface area (Å²) in [6.07, 6.45) is 0.192. The molecule has 0 aliphatic carbocycles. The number of imidazole rings is 1. The van der Waals surface area contributed by atoms with E-state index in [1.165, 1.54) is 6.20 Å². The van der Waals surface area contributed by atoms with Gasteiger partial charge in [-0.25, -0.2) is 4.98 Å². The van der Waals surface area contributed by atoms with Gasteiger partial charge in [0.1, 0.15) is 12.4 Å². The summed E-state index contributed by atoms with van der Waals surface area (Å²) in [5.74, 6) is 0.739. The van der Waals surface area contributed by atoms with Crippen molar-refractivity contribution in [1.29, 1.82) is 0 Å². The third-order valence-electron chi connectivity index (χ3n) is 4.11. The van der Waals surface area contributed by atoms with E-state index in [0.29, 0.717) is 13.1 Å². The number of nitrogens with zero attached hydrogens (tertiary/aromatic N) is 4. The second-order valence-corrected chi connectivity index (χ2v) is 6.03. The Kier molecular flexibility index (Phi) is 4.33. The highest BCUT2D eigenvalue weighted by Gasteiger charge is 2.34. The van der Waals surface area contributed by atoms with Gasteiger partial charge < -0.3 is 9.88 Å². The number of aryl methyl sites for hydroxylation is 1. The van der Waals surface area contributed by atoms with Gasteiger partial charge in [-0.3, -0.25) is 9.48 Å². The van der Waals surface area contributed by atoms with E-state index in [1.807, 2.05) is 6.92 Å². The van der Waals surface area contributed by atoms with Crippen molar-refractivity contribution in [3.8, 4) is 0 Å². The summed E-state index contributed by atoms with van der Waals surface area (Å²) in [6, 6.07) is 0.873. The first kappa shape index (κ1) is 16.5. The Morgan fingerprint density at radius 2 is 2.25 bits per heavy atom. The lowest BCUT2D eigenvalue weighted by Crippen LogP contribution is -2.41. The molecule has 2 aromatic heterocycles. The normalized spacial score (nSPS) is 18.8. The predicted molar refractivity (Wildman–Crippen MR) is 79.1 cm³/mol. The van der Waals surface area contributed by atoms with Crippen LogP contribution in [0.1, 0.15) is 36.0 Å². The summed E-state index contributed by atoms with van der Waals surface area (Å²) in [5.41, 5.74) is -0.0254. The largest absolute Gasteiger partial charge is 0.435 e. The minimum atomic E-state index is -4.50. The van der Waals surface area contributed by atoms with Crippen molar-refractivity contribution >= 4 is 5.91 Å². The molecular weight excluding hydrogens is 323 g/mol. The highest BCUT2D eigenvalue weighted by atomic mass is 19.4. The number of alkyl halides is 3. The zero-order chi connectivity index (χ0) is 17.3. The number of amides is 1. The number of aromatic nitrogens is 4. The van der Waals surface area contributed by atoms with Crippen LogP contribution in [-0.4, -0.2) is 43.6 Å². The zero-order valence-electron chi connectivity index (χ0n) is 13.2. The number of likely N-dealkylation sites (tertiary alicyclic amines) is 1. The first-order valence-corrected chi connectivity index (χ1v) is 7.73. The molecule has 0 radical (unpaired) electrons. The third kappa shape index (κ3) is 3.60. The summed E-state index contributed by atoms with van der Waals surface area (Å²) in [7, 11) is 0. The van der Waals surface area contributed by atoms with E-state index in [2.05, 4.69) is 15.1 Å². The van der Waals surface area contributed by atoms with Crippen LogP contribution in [0.3, 0.4) is 0 Å². The Morgan fingerprint density at radius 1 is 1.46 bits per heavy atom. The number of aromatic amines is 1. The molecule has 1 N–H and O–H groups in total. The van der Waals surface area contributed by atoms with Gasteiger partial charge in [-0.05, 0) is 25.8 Å². The van der Waals surface area contributed by atoms with Crippen molar-refractivity contribution in [1.82, 2.24) is 24.6 Å². The fourth-order valence-electron chi connectivity index (χ4n) is 2.91. The molecule has 0 spiro atoms. The first-order chi connectivity index (χ1) is 11.3. The average molecular weight is 341 g/mol. The molecule has 24 heavy (non-hydrogen) atoms. The molecular formula is C15H18F3N5O. The summed E-state index contributed by atoms with van der Waals surface area (Å²) in [4.78, 5) is 21.5. The van der Waals surface area contributed by atoms with Crippen LogP contribution in [0.4, 0.5) is 13.2 Å². The highest BCUT2D eigenvalue weighted by molar-refractivity contribution is 5.76. The van der Waals surface area contributed by atoms with Gasteiger partial charge in [-0.1, -0.05) is 0 Å². The smallest absolute Gasteiger partial charge is 0.346 e. The van der Waals surface area contributed by atoms with E-state index in [-0.39, 0.29) is 18.4 Å². The molecule has 3 rings (SSSR count). The van der Waals surface area contributed by atoms with E-state index in [1.54, 1.807) is 11.1 Å². The standard InChI is InChI=1S/C15H18F3N5O/c1-10-7-19-14(20-10)11-3-2-5-22(8-11)13(24)9-23-6-4-12(21-23)15(16,17)18/h4,6-7,11H,2-3,5,8-9H2,1H3,(H,19,20)/t11-/m1/s1. The van der Waals surface area contributed by atoms with Crippen molar-refractivity contribution in [2.24, 2.45) is 0 Å². The SMILES string of the molecule is Cc1cnc([C@@H]2CCCN(C(=O)Cn3ccc(C(F)(F)F)n3)C2)[nH]1. The van der Waals surface area contributed by atoms with Gasteiger partial charge in [0, 0.05) is 37.1 Å². The molecule has 1 aliphatic rings. The molecule has 3 heterocycles. The van der Waals surface area contributed by atoms with Crippen LogP contribution in [0.15, 0.2) is 18.5 Å². The molecule has 0 unspecified atom stereocenters. The fraction of sp³-hybridized carbons (Fsp3) is 0.533. The number of halogens is 3. The Morgan fingerprint density at radius 3 is 2.88 bits per heavy atom. The zero-order valence-corrected chi connectivity index (χ0v) is 13.2. The van der Waals surface area contributed by atoms with E-state index in [9.17, 15) is 18.0 Å². The van der Waals surface area contributed by atoms with Crippen LogP contribution in [0, 0.1) is 6.92 Å². The monoisotopic (exact) mass is 341 g/mol. The van der Waals surface area contributed by atoms with Crippen LogP contribution in [0.2, 0.25) is 0 Å². The van der Waals surface area contributed by atoms with E-state index < -0.39 is 11.9 Å². The number of H-pyrrole nitrogens is 1. The van der Waals surface area contributed by atoms with Crippen molar-refractivity contribution in [2.45, 2.75) is 38.4 Å². The minimum absolute atomic E-state index is 0.125. The van der Waals surface area contributed by atoms with Gasteiger partial charge in [0.15, 0.2) is 5.69 Å². The van der Waals surface area contributed by atoms with E-state index >= 15 is 0 Å². The summed E-state index contributed by atoms with van der Waals surface area (Å²) < 4.78 is 38.7. The number of hydrogen-bond acceptors (Lipinski definition) is 3. The van der Waals surface area contributed by atoms with Crippen LogP contribution < -0.4 is 0 Å². The topological polar surface area (TPSA) is 66.8 Å². The van der Waals surface area contributed by atoms with Crippen molar-refractivity contribution in [3.05, 3.63) is 35.7 Å². The number of nitrogens with one attached hydrogen (secondary N) is 1. The van der Waals surface area contributed by atoms with Crippen molar-refractivity contribution in [3.63, 3.8) is 0 Å². The van der Waals surface area contributed by atoms with E-state index in [4.69, 9.17) is 0 Å². The van der Waals surface area contributed by atoms with Gasteiger partial charge in [-0.15, -0.1) is 0 Å². The third-order valence-corrected chi connectivity index (χ3v) is 4.11. The molecule has 1 amide bonds. The molecule has 1 fully saturated rings. The second-order valence-electron chi connectivity index (χ2n) is 6.03. The summed E-state index contributed by atoms with van der Waals surface area (Å²) >= 11 is 0. The molecule has 9 heteroatoms. The number of carbonyl (C=O) groups excluding carboxylic acids is 1. The summed E-state index contributed by atoms with van der Waals surface area (Å²) in [6.45, 7) is 2.83. The maximum absolute atomic E-state index is 12.6. The van der Waals surface area contributed by atoms with Gasteiger partial charge in [0.25, 0.3) is 0 Å². The Labute approximate surface area is 136 Å². The minimum Gasteiger partial charge on any atom is -0.346 e. The van der Waals surface area contributed by atoms with Gasteiger partial charge >= 0.3 is 6.18 Å². The predicted octanol–water partition coefficient (Wildman–Crippen LogP) is 2.34. The Balaban J connectivity index is 1.63. The second kappa shape index (κ2) is 6.29. The van der Waals surface area contributed by atoms with Crippen LogP contribution in [0.5, 0.6) is 0 Å². The molecule has 1 saturated heterocycles. The molecule has 0 bridgehead atoms. The van der Waals surface area contributed by atoms with E-state index in [0.717, 1.165) is 35.1 Å². The molecule has 2 aromatic rings. The molecule has 130 valence electrons. The lowest BCUT2D eigenvalue weighted by atomic mass is 9.97. The number of carbonyl (C=O) groups is 1. The molecule has 1 atom stereocenters. The quantitative estimate of drug-likeness (QED) is 0.932. The van der Waals surface area contributed by atoms with Gasteiger partial charge in [-0.2, -0.15) is 18.3 Å². The van der Waals surface area contributed by atoms with Gasteiger partial charge in [0.05, 0.1) is 0 Å². The number of rotatable bonds is 3. The van der Waals surface area contributed by atoms with Gasteiger partial charge in [0.2, 0.25) is 5.91 Å². The highest BCUT2D eigenvalue weighted by Crippen LogP contribution is 2.27. The molecule has 6 nitrogen and oxygen atoms in total. The Bertz CT molecular complexity index is 721. The van der Waals surface area contributed by atoms with Crippen molar-refractivity contribution in [2.75, 3.05) is 13.1 Å². The summed E-state index contributed by atoms with van der Waals surface area (Å²) in [5, 5.41) is 3.42. The van der Waals surface area contributed by atoms with Crippen LogP contribution in [-0.2, 0) is 17.5 Å². The lowest BCUT2D eigenvalue weighted by Gasteiger charge is -2.31. The van der Waals surface area contributed by atoms with Crippen LogP contribution in [0.25, 0.3) is 0 Å².